The van der Waals surface area contributed by atoms with Crippen LogP contribution in [0.4, 0.5) is 8.78 Å². The summed E-state index contributed by atoms with van der Waals surface area (Å²) < 4.78 is 25.6. The zero-order chi connectivity index (χ0) is 13.1. The van der Waals surface area contributed by atoms with Crippen LogP contribution in [-0.2, 0) is 6.42 Å². The smallest absolute Gasteiger partial charge is 0.261 e. The number of carbonyl (C=O) groups excluding carboxylic acids is 1. The van der Waals surface area contributed by atoms with Crippen LogP contribution in [0.3, 0.4) is 0 Å². The predicted molar refractivity (Wildman–Crippen MR) is 68.7 cm³/mol. The molecule has 1 N–H and O–H groups in total. The first-order valence-electron chi connectivity index (χ1n) is 5.95. The first kappa shape index (κ1) is 13.5. The summed E-state index contributed by atoms with van der Waals surface area (Å²) in [6.45, 7) is 2.06. The summed E-state index contributed by atoms with van der Waals surface area (Å²) in [5.41, 5.74) is 1.57. The number of carbonyl (C=O) groups is 1. The molecule has 98 valence electrons. The fourth-order valence-electron chi connectivity index (χ4n) is 2.02. The van der Waals surface area contributed by atoms with Gasteiger partial charge in [0.25, 0.3) is 6.43 Å². The molecule has 0 aromatic heterocycles. The second-order valence-corrected chi connectivity index (χ2v) is 5.29. The molecule has 1 aliphatic heterocycles. The number of hydrogen-bond donors (Lipinski definition) is 1. The molecule has 1 aromatic carbocycles. The van der Waals surface area contributed by atoms with Crippen LogP contribution < -0.4 is 5.32 Å². The van der Waals surface area contributed by atoms with E-state index in [1.165, 1.54) is 5.56 Å². The van der Waals surface area contributed by atoms with Crippen molar-refractivity contribution in [3.63, 3.8) is 0 Å². The highest BCUT2D eigenvalue weighted by atomic mass is 32.2. The summed E-state index contributed by atoms with van der Waals surface area (Å²) in [5.74, 6) is 0.473. The van der Waals surface area contributed by atoms with Crippen molar-refractivity contribution in [3.8, 4) is 0 Å². The third kappa shape index (κ3) is 2.72. The number of hydrogen-bond acceptors (Lipinski definition) is 3. The van der Waals surface area contributed by atoms with E-state index < -0.39 is 18.3 Å². The van der Waals surface area contributed by atoms with Crippen molar-refractivity contribution in [1.82, 2.24) is 5.32 Å². The Kier molecular flexibility index (Phi) is 4.35. The summed E-state index contributed by atoms with van der Waals surface area (Å²) in [6, 6.07) is 3.86. The van der Waals surface area contributed by atoms with E-state index in [1.54, 1.807) is 30.8 Å². The first-order chi connectivity index (χ1) is 8.63. The molecule has 2 rings (SSSR count). The second kappa shape index (κ2) is 5.80. The molecule has 0 aliphatic carbocycles. The van der Waals surface area contributed by atoms with Gasteiger partial charge in [-0.1, -0.05) is 19.1 Å². The van der Waals surface area contributed by atoms with Crippen LogP contribution in [0.5, 0.6) is 0 Å². The summed E-state index contributed by atoms with van der Waals surface area (Å²) >= 11 is 1.67. The maximum absolute atomic E-state index is 12.8. The molecule has 2 nitrogen and oxygen atoms in total. The van der Waals surface area contributed by atoms with E-state index in [0.29, 0.717) is 12.1 Å². The van der Waals surface area contributed by atoms with Gasteiger partial charge in [0, 0.05) is 16.2 Å². The number of thioether (sulfide) groups is 1. The topological polar surface area (TPSA) is 29.1 Å². The molecule has 1 atom stereocenters. The molecule has 0 bridgehead atoms. The molecule has 18 heavy (non-hydrogen) atoms. The highest BCUT2D eigenvalue weighted by molar-refractivity contribution is 7.99. The molecule has 5 heteroatoms. The highest BCUT2D eigenvalue weighted by Crippen LogP contribution is 2.32. The molecule has 0 saturated carbocycles. The SMILES string of the molecule is CCNC(C(=O)c1ccc2c(c1)SCC2)C(F)F. The fraction of sp³-hybridized carbons (Fsp3) is 0.462. The minimum absolute atomic E-state index is 0.348. The molecule has 0 radical (unpaired) electrons. The van der Waals surface area contributed by atoms with Gasteiger partial charge >= 0.3 is 0 Å². The lowest BCUT2D eigenvalue weighted by Gasteiger charge is -2.16. The van der Waals surface area contributed by atoms with Gasteiger partial charge in [-0.25, -0.2) is 8.78 Å². The molecular weight excluding hydrogens is 256 g/mol. The van der Waals surface area contributed by atoms with Crippen LogP contribution in [0.1, 0.15) is 22.8 Å². The van der Waals surface area contributed by atoms with E-state index in [9.17, 15) is 13.6 Å². The Balaban J connectivity index is 2.22. The van der Waals surface area contributed by atoms with Crippen LogP contribution in [-0.4, -0.2) is 30.5 Å². The van der Waals surface area contributed by atoms with Gasteiger partial charge in [0.05, 0.1) is 0 Å². The lowest BCUT2D eigenvalue weighted by Crippen LogP contribution is -2.42. The average Bonchev–Trinajstić information content (AvgIpc) is 2.81. The minimum atomic E-state index is -2.68. The third-order valence-electron chi connectivity index (χ3n) is 2.94. The van der Waals surface area contributed by atoms with Crippen molar-refractivity contribution >= 4 is 17.5 Å². The monoisotopic (exact) mass is 271 g/mol. The number of alkyl halides is 2. The highest BCUT2D eigenvalue weighted by Gasteiger charge is 2.28. The zero-order valence-corrected chi connectivity index (χ0v) is 10.9. The van der Waals surface area contributed by atoms with Gasteiger partial charge in [-0.15, -0.1) is 11.8 Å². The summed E-state index contributed by atoms with van der Waals surface area (Å²) in [5, 5.41) is 2.54. The number of likely N-dealkylation sites (N-methyl/N-ethyl adjacent to an activating group) is 1. The van der Waals surface area contributed by atoms with Crippen molar-refractivity contribution in [3.05, 3.63) is 29.3 Å². The van der Waals surface area contributed by atoms with Crippen molar-refractivity contribution in [2.24, 2.45) is 0 Å². The third-order valence-corrected chi connectivity index (χ3v) is 4.04. The maximum atomic E-state index is 12.8. The van der Waals surface area contributed by atoms with Crippen LogP contribution in [0.15, 0.2) is 23.1 Å². The molecule has 0 saturated heterocycles. The van der Waals surface area contributed by atoms with Crippen molar-refractivity contribution in [2.75, 3.05) is 12.3 Å². The van der Waals surface area contributed by atoms with Gasteiger partial charge in [-0.3, -0.25) is 4.79 Å². The van der Waals surface area contributed by atoms with Crippen LogP contribution in [0, 0.1) is 0 Å². The van der Waals surface area contributed by atoms with E-state index in [2.05, 4.69) is 5.32 Å². The lowest BCUT2D eigenvalue weighted by molar-refractivity contribution is 0.0674. The van der Waals surface area contributed by atoms with Crippen LogP contribution in [0.25, 0.3) is 0 Å². The molecule has 0 fully saturated rings. The summed E-state index contributed by atoms with van der Waals surface area (Å²) in [6.07, 6.45) is -1.70. The number of benzene rings is 1. The zero-order valence-electron chi connectivity index (χ0n) is 10.1. The van der Waals surface area contributed by atoms with E-state index in [1.807, 2.05) is 6.07 Å². The fourth-order valence-corrected chi connectivity index (χ4v) is 3.12. The summed E-state index contributed by atoms with van der Waals surface area (Å²) in [7, 11) is 0. The minimum Gasteiger partial charge on any atom is -0.303 e. The molecule has 1 aliphatic rings. The molecular formula is C13H15F2NOS. The Morgan fingerprint density at radius 3 is 2.94 bits per heavy atom. The Morgan fingerprint density at radius 1 is 1.50 bits per heavy atom. The van der Waals surface area contributed by atoms with Crippen LogP contribution >= 0.6 is 11.8 Å². The first-order valence-corrected chi connectivity index (χ1v) is 6.93. The van der Waals surface area contributed by atoms with Gasteiger partial charge in [-0.2, -0.15) is 0 Å². The van der Waals surface area contributed by atoms with Gasteiger partial charge in [0.1, 0.15) is 6.04 Å². The lowest BCUT2D eigenvalue weighted by atomic mass is 10.0. The van der Waals surface area contributed by atoms with Crippen molar-refractivity contribution in [2.45, 2.75) is 30.7 Å². The van der Waals surface area contributed by atoms with Gasteiger partial charge in [0.15, 0.2) is 5.78 Å². The Morgan fingerprint density at radius 2 is 2.28 bits per heavy atom. The molecule has 1 heterocycles. The van der Waals surface area contributed by atoms with E-state index >= 15 is 0 Å². The number of nitrogens with one attached hydrogen (secondary N) is 1. The number of ketones is 1. The number of rotatable bonds is 5. The standard InChI is InChI=1S/C13H15F2NOS/c1-2-16-11(13(14)15)12(17)9-4-3-8-5-6-18-10(8)7-9/h3-4,7,11,13,16H,2,5-6H2,1H3. The van der Waals surface area contributed by atoms with E-state index in [4.69, 9.17) is 0 Å². The number of fused-ring (bicyclic) bond motifs is 1. The van der Waals surface area contributed by atoms with Crippen molar-refractivity contribution in [1.29, 1.82) is 0 Å². The molecule has 0 spiro atoms. The number of Topliss-reactive ketones (excluding diaryl/α,β-unsaturated/α-hetero) is 1. The normalized spacial score (nSPS) is 15.8. The van der Waals surface area contributed by atoms with Gasteiger partial charge in [0.2, 0.25) is 0 Å². The maximum Gasteiger partial charge on any atom is 0.261 e. The average molecular weight is 271 g/mol. The van der Waals surface area contributed by atoms with Gasteiger partial charge in [-0.05, 0) is 24.6 Å². The van der Waals surface area contributed by atoms with Gasteiger partial charge < -0.3 is 5.32 Å². The molecule has 0 amide bonds. The Bertz CT molecular complexity index is 451. The second-order valence-electron chi connectivity index (χ2n) is 4.16. The van der Waals surface area contributed by atoms with Crippen molar-refractivity contribution < 1.29 is 13.6 Å². The quantitative estimate of drug-likeness (QED) is 0.835. The number of halogens is 2. The Labute approximate surface area is 109 Å². The molecule has 1 unspecified atom stereocenters. The van der Waals surface area contributed by atoms with E-state index in [-0.39, 0.29) is 0 Å². The van der Waals surface area contributed by atoms with Crippen LogP contribution in [0.2, 0.25) is 0 Å². The van der Waals surface area contributed by atoms with E-state index in [0.717, 1.165) is 17.1 Å². The number of aryl methyl sites for hydroxylation is 1. The summed E-state index contributed by atoms with van der Waals surface area (Å²) in [4.78, 5) is 13.1. The predicted octanol–water partition coefficient (Wildman–Crippen LogP) is 2.76. The Hall–Kier alpha value is -0.940. The largest absolute Gasteiger partial charge is 0.303 e. The molecule has 1 aromatic rings.